The Balaban J connectivity index is 4.06. The highest BCUT2D eigenvalue weighted by molar-refractivity contribution is 6.38. The first-order chi connectivity index (χ1) is 6.11. The molecule has 0 aromatic heterocycles. The van der Waals surface area contributed by atoms with Gasteiger partial charge in [0.15, 0.2) is 5.78 Å². The second kappa shape index (κ2) is 6.16. The molecule has 0 aliphatic carbocycles. The third-order valence-corrected chi connectivity index (χ3v) is 1.30. The van der Waals surface area contributed by atoms with Crippen molar-refractivity contribution in [3.63, 3.8) is 0 Å². The number of rotatable bonds is 4. The Hall–Kier alpha value is -1.39. The molecule has 1 amide bonds. The summed E-state index contributed by atoms with van der Waals surface area (Å²) in [7, 11) is 0. The first kappa shape index (κ1) is 11.6. The summed E-state index contributed by atoms with van der Waals surface area (Å²) in [6.07, 6.45) is -0.156. The minimum atomic E-state index is -0.644. The fraction of sp³-hybridized carbons (Fsp3) is 0.625. The van der Waals surface area contributed by atoms with Crippen molar-refractivity contribution in [1.82, 2.24) is 5.43 Å². The van der Waals surface area contributed by atoms with Gasteiger partial charge in [-0.25, -0.2) is 10.2 Å². The van der Waals surface area contributed by atoms with Gasteiger partial charge in [-0.3, -0.25) is 4.79 Å². The average molecular weight is 186 g/mol. The molecule has 0 aromatic carbocycles. The average Bonchev–Trinajstić information content (AvgIpc) is 2.05. The van der Waals surface area contributed by atoms with E-state index < -0.39 is 6.09 Å². The smallest absolute Gasteiger partial charge is 0.427 e. The summed E-state index contributed by atoms with van der Waals surface area (Å²) < 4.78 is 4.55. The summed E-state index contributed by atoms with van der Waals surface area (Å²) in [5, 5.41) is 3.60. The van der Waals surface area contributed by atoms with Gasteiger partial charge in [0.2, 0.25) is 0 Å². The van der Waals surface area contributed by atoms with E-state index in [4.69, 9.17) is 0 Å². The Morgan fingerprint density at radius 2 is 2.00 bits per heavy atom. The molecule has 0 aliphatic rings. The van der Waals surface area contributed by atoms with E-state index in [0.717, 1.165) is 0 Å². The van der Waals surface area contributed by atoms with Crippen LogP contribution in [0.5, 0.6) is 0 Å². The van der Waals surface area contributed by atoms with E-state index in [1.165, 1.54) is 6.92 Å². The van der Waals surface area contributed by atoms with Crippen LogP contribution in [-0.4, -0.2) is 24.2 Å². The number of nitrogens with one attached hydrogen (secondary N) is 1. The molecule has 1 N–H and O–H groups in total. The van der Waals surface area contributed by atoms with Crippen LogP contribution >= 0.6 is 0 Å². The standard InChI is InChI=1S/C8H14N2O3/c1-4-7(6(3)11)9-10-8(12)13-5-2/h4-5H2,1-3H3,(H,10,12)/b9-7+. The van der Waals surface area contributed by atoms with Gasteiger partial charge in [0.05, 0.1) is 6.61 Å². The van der Waals surface area contributed by atoms with Gasteiger partial charge in [0, 0.05) is 6.92 Å². The van der Waals surface area contributed by atoms with Gasteiger partial charge in [0.25, 0.3) is 0 Å². The van der Waals surface area contributed by atoms with Crippen molar-refractivity contribution in [3.05, 3.63) is 0 Å². The van der Waals surface area contributed by atoms with Crippen LogP contribution in [0.2, 0.25) is 0 Å². The number of hydrazone groups is 1. The number of nitrogens with zero attached hydrogens (tertiary/aromatic N) is 1. The van der Waals surface area contributed by atoms with Crippen LogP contribution in [0.1, 0.15) is 27.2 Å². The Morgan fingerprint density at radius 1 is 1.38 bits per heavy atom. The van der Waals surface area contributed by atoms with Gasteiger partial charge in [-0.05, 0) is 13.3 Å². The monoisotopic (exact) mass is 186 g/mol. The summed E-state index contributed by atoms with van der Waals surface area (Å²) in [5.74, 6) is -0.153. The minimum absolute atomic E-state index is 0.153. The number of hydrogen-bond donors (Lipinski definition) is 1. The van der Waals surface area contributed by atoms with E-state index in [0.29, 0.717) is 12.1 Å². The molecule has 0 radical (unpaired) electrons. The van der Waals surface area contributed by atoms with Crippen molar-refractivity contribution in [2.24, 2.45) is 5.10 Å². The molecule has 0 aromatic rings. The number of hydrogen-bond acceptors (Lipinski definition) is 4. The summed E-state index contributed by atoms with van der Waals surface area (Å²) in [6.45, 7) is 5.15. The van der Waals surface area contributed by atoms with Crippen LogP contribution in [-0.2, 0) is 9.53 Å². The Morgan fingerprint density at radius 3 is 2.38 bits per heavy atom. The first-order valence-corrected chi connectivity index (χ1v) is 4.12. The van der Waals surface area contributed by atoms with Crippen molar-refractivity contribution < 1.29 is 14.3 Å². The van der Waals surface area contributed by atoms with Crippen molar-refractivity contribution in [1.29, 1.82) is 0 Å². The number of ether oxygens (including phenoxy) is 1. The van der Waals surface area contributed by atoms with Crippen LogP contribution in [0.15, 0.2) is 5.10 Å². The highest BCUT2D eigenvalue weighted by atomic mass is 16.5. The van der Waals surface area contributed by atoms with Crippen LogP contribution in [0.25, 0.3) is 0 Å². The molecule has 0 atom stereocenters. The summed E-state index contributed by atoms with van der Waals surface area (Å²) in [5.41, 5.74) is 2.45. The molecular weight excluding hydrogens is 172 g/mol. The molecule has 74 valence electrons. The lowest BCUT2D eigenvalue weighted by Crippen LogP contribution is -2.22. The van der Waals surface area contributed by atoms with Gasteiger partial charge in [-0.2, -0.15) is 5.10 Å². The Labute approximate surface area is 77.1 Å². The third-order valence-electron chi connectivity index (χ3n) is 1.30. The van der Waals surface area contributed by atoms with Crippen molar-refractivity contribution in [2.45, 2.75) is 27.2 Å². The van der Waals surface area contributed by atoms with Gasteiger partial charge in [-0.15, -0.1) is 0 Å². The topological polar surface area (TPSA) is 67.8 Å². The fourth-order valence-corrected chi connectivity index (χ4v) is 0.683. The molecule has 0 saturated carbocycles. The predicted octanol–water partition coefficient (Wildman–Crippen LogP) is 1.09. The number of carbonyl (C=O) groups is 2. The van der Waals surface area contributed by atoms with E-state index in [2.05, 4.69) is 15.3 Å². The maximum absolute atomic E-state index is 10.8. The SMILES string of the molecule is CCOC(=O)N/N=C(\CC)C(C)=O. The Kier molecular flexibility index (Phi) is 5.50. The van der Waals surface area contributed by atoms with Crippen LogP contribution < -0.4 is 5.43 Å². The van der Waals surface area contributed by atoms with Gasteiger partial charge in [-0.1, -0.05) is 6.92 Å². The van der Waals surface area contributed by atoms with E-state index in [9.17, 15) is 9.59 Å². The molecule has 0 heterocycles. The van der Waals surface area contributed by atoms with E-state index >= 15 is 0 Å². The number of carbonyl (C=O) groups excluding carboxylic acids is 2. The summed E-state index contributed by atoms with van der Waals surface area (Å²) >= 11 is 0. The molecule has 0 bridgehead atoms. The zero-order valence-electron chi connectivity index (χ0n) is 8.09. The molecule has 0 unspecified atom stereocenters. The molecule has 5 heteroatoms. The number of ketones is 1. The molecule has 0 rings (SSSR count). The highest BCUT2D eigenvalue weighted by Gasteiger charge is 2.04. The predicted molar refractivity (Wildman–Crippen MR) is 48.6 cm³/mol. The van der Waals surface area contributed by atoms with Crippen molar-refractivity contribution in [3.8, 4) is 0 Å². The number of Topliss-reactive ketones (excluding diaryl/α,β-unsaturated/α-hetero) is 1. The largest absolute Gasteiger partial charge is 0.449 e. The summed E-state index contributed by atoms with van der Waals surface area (Å²) in [6, 6.07) is 0. The highest BCUT2D eigenvalue weighted by Crippen LogP contribution is 1.87. The maximum Gasteiger partial charge on any atom is 0.427 e. The third kappa shape index (κ3) is 4.95. The van der Waals surface area contributed by atoms with Crippen LogP contribution in [0, 0.1) is 0 Å². The summed E-state index contributed by atoms with van der Waals surface area (Å²) in [4.78, 5) is 21.6. The van der Waals surface area contributed by atoms with E-state index in [1.807, 2.05) is 0 Å². The minimum Gasteiger partial charge on any atom is -0.449 e. The Bertz CT molecular complexity index is 223. The molecule has 0 spiro atoms. The molecular formula is C8H14N2O3. The molecule has 13 heavy (non-hydrogen) atoms. The maximum atomic E-state index is 10.8. The van der Waals surface area contributed by atoms with Crippen molar-refractivity contribution in [2.75, 3.05) is 6.61 Å². The number of amides is 1. The van der Waals surface area contributed by atoms with E-state index in [-0.39, 0.29) is 12.4 Å². The lowest BCUT2D eigenvalue weighted by atomic mass is 10.2. The fourth-order valence-electron chi connectivity index (χ4n) is 0.683. The van der Waals surface area contributed by atoms with Gasteiger partial charge < -0.3 is 4.74 Å². The lowest BCUT2D eigenvalue weighted by Gasteiger charge is -2.01. The first-order valence-electron chi connectivity index (χ1n) is 4.12. The second-order valence-corrected chi connectivity index (χ2v) is 2.30. The van der Waals surface area contributed by atoms with Gasteiger partial charge in [0.1, 0.15) is 5.71 Å². The lowest BCUT2D eigenvalue weighted by molar-refractivity contribution is -0.111. The molecule has 5 nitrogen and oxygen atoms in total. The van der Waals surface area contributed by atoms with E-state index in [1.54, 1.807) is 13.8 Å². The normalized spacial score (nSPS) is 10.8. The van der Waals surface area contributed by atoms with Crippen molar-refractivity contribution >= 4 is 17.6 Å². The molecule has 0 aliphatic heterocycles. The molecule has 0 fully saturated rings. The zero-order valence-corrected chi connectivity index (χ0v) is 8.09. The van der Waals surface area contributed by atoms with Crippen LogP contribution in [0.3, 0.4) is 0 Å². The zero-order chi connectivity index (χ0) is 10.3. The van der Waals surface area contributed by atoms with Crippen LogP contribution in [0.4, 0.5) is 4.79 Å². The molecule has 0 saturated heterocycles. The second-order valence-electron chi connectivity index (χ2n) is 2.30. The van der Waals surface area contributed by atoms with Gasteiger partial charge >= 0.3 is 6.09 Å². The quantitative estimate of drug-likeness (QED) is 0.527.